The zero-order chi connectivity index (χ0) is 17.8. The van der Waals surface area contributed by atoms with Gasteiger partial charge < -0.3 is 10.1 Å². The third-order valence-corrected chi connectivity index (χ3v) is 5.20. The van der Waals surface area contributed by atoms with E-state index in [0.29, 0.717) is 25.0 Å². The van der Waals surface area contributed by atoms with Crippen LogP contribution in [0.2, 0.25) is 0 Å². The van der Waals surface area contributed by atoms with Gasteiger partial charge in [-0.25, -0.2) is 4.39 Å². The molecule has 1 aromatic heterocycles. The number of amides is 1. The van der Waals surface area contributed by atoms with Gasteiger partial charge in [0.25, 0.3) is 5.91 Å². The fourth-order valence-electron chi connectivity index (χ4n) is 3.82. The van der Waals surface area contributed by atoms with Crippen molar-refractivity contribution in [3.05, 3.63) is 29.4 Å². The molecule has 0 bridgehead atoms. The molecule has 0 radical (unpaired) electrons. The van der Waals surface area contributed by atoms with Gasteiger partial charge in [0.2, 0.25) is 0 Å². The highest BCUT2D eigenvalue weighted by Crippen LogP contribution is 2.30. The van der Waals surface area contributed by atoms with Crippen LogP contribution in [0.25, 0.3) is 0 Å². The van der Waals surface area contributed by atoms with Crippen LogP contribution in [0.1, 0.15) is 44.3 Å². The van der Waals surface area contributed by atoms with E-state index in [1.54, 1.807) is 6.20 Å². The molecule has 1 aromatic rings. The largest absolute Gasteiger partial charge is 0.373 e. The van der Waals surface area contributed by atoms with Crippen molar-refractivity contribution < 1.29 is 13.9 Å². The van der Waals surface area contributed by atoms with E-state index in [1.807, 2.05) is 17.8 Å². The summed E-state index contributed by atoms with van der Waals surface area (Å²) in [4.78, 5) is 14.5. The van der Waals surface area contributed by atoms with Gasteiger partial charge in [0.1, 0.15) is 0 Å². The normalized spacial score (nSPS) is 24.5. The summed E-state index contributed by atoms with van der Waals surface area (Å²) in [6.45, 7) is 4.70. The van der Waals surface area contributed by atoms with Crippen LogP contribution >= 0.6 is 0 Å². The van der Waals surface area contributed by atoms with E-state index in [0.717, 1.165) is 31.6 Å². The summed E-state index contributed by atoms with van der Waals surface area (Å²) >= 11 is 0. The van der Waals surface area contributed by atoms with E-state index in [9.17, 15) is 9.18 Å². The molecule has 1 amide bonds. The van der Waals surface area contributed by atoms with Gasteiger partial charge in [-0.3, -0.25) is 14.4 Å². The highest BCUT2D eigenvalue weighted by molar-refractivity contribution is 5.92. The number of aromatic nitrogens is 2. The number of halogens is 1. The molecule has 138 valence electrons. The van der Waals surface area contributed by atoms with E-state index in [-0.39, 0.29) is 18.7 Å². The van der Waals surface area contributed by atoms with Gasteiger partial charge in [-0.05, 0) is 43.9 Å². The van der Waals surface area contributed by atoms with Crippen LogP contribution in [-0.2, 0) is 16.6 Å². The Kier molecular flexibility index (Phi) is 5.86. The SMILES string of the molecule is CCN1CCO[C@@H](CNC(=O)C(F)=C2CCCC2)[C@@H]1c1ccnn1C. The van der Waals surface area contributed by atoms with Gasteiger partial charge in [0, 0.05) is 26.3 Å². The number of carbonyl (C=O) groups excluding carboxylic acids is 1. The van der Waals surface area contributed by atoms with Crippen LogP contribution in [0.15, 0.2) is 23.7 Å². The Bertz CT molecular complexity index is 635. The van der Waals surface area contributed by atoms with E-state index in [2.05, 4.69) is 22.2 Å². The Morgan fingerprint density at radius 2 is 2.20 bits per heavy atom. The molecular formula is C18H27FN4O2. The Labute approximate surface area is 148 Å². The molecule has 2 heterocycles. The molecule has 25 heavy (non-hydrogen) atoms. The molecule has 1 aliphatic carbocycles. The number of rotatable bonds is 5. The van der Waals surface area contributed by atoms with Gasteiger partial charge in [0.15, 0.2) is 5.83 Å². The first kappa shape index (κ1) is 18.1. The number of hydrogen-bond donors (Lipinski definition) is 1. The summed E-state index contributed by atoms with van der Waals surface area (Å²) in [6, 6.07) is 1.96. The summed E-state index contributed by atoms with van der Waals surface area (Å²) in [6.07, 6.45) is 4.86. The molecule has 1 saturated heterocycles. The van der Waals surface area contributed by atoms with Crippen molar-refractivity contribution in [1.29, 1.82) is 0 Å². The number of carbonyl (C=O) groups is 1. The number of likely N-dealkylation sites (N-methyl/N-ethyl adjacent to an activating group) is 1. The van der Waals surface area contributed by atoms with Crippen molar-refractivity contribution in [2.24, 2.45) is 7.05 Å². The van der Waals surface area contributed by atoms with Gasteiger partial charge in [-0.2, -0.15) is 5.10 Å². The topological polar surface area (TPSA) is 59.4 Å². The van der Waals surface area contributed by atoms with E-state index in [4.69, 9.17) is 4.74 Å². The molecule has 2 aliphatic rings. The third kappa shape index (κ3) is 3.93. The van der Waals surface area contributed by atoms with E-state index in [1.165, 1.54) is 0 Å². The lowest BCUT2D eigenvalue weighted by Crippen LogP contribution is -2.50. The Balaban J connectivity index is 1.70. The highest BCUT2D eigenvalue weighted by atomic mass is 19.1. The minimum atomic E-state index is -0.613. The van der Waals surface area contributed by atoms with Crippen LogP contribution < -0.4 is 5.32 Å². The summed E-state index contributed by atoms with van der Waals surface area (Å²) in [5.74, 6) is -1.21. The lowest BCUT2D eigenvalue weighted by atomic mass is 10.0. The summed E-state index contributed by atoms with van der Waals surface area (Å²) in [5.41, 5.74) is 1.69. The Morgan fingerprint density at radius 3 is 2.84 bits per heavy atom. The van der Waals surface area contributed by atoms with Gasteiger partial charge in [-0.15, -0.1) is 0 Å². The summed E-state index contributed by atoms with van der Waals surface area (Å²) in [7, 11) is 1.90. The number of allylic oxidation sites excluding steroid dienone is 1. The number of hydrogen-bond acceptors (Lipinski definition) is 4. The van der Waals surface area contributed by atoms with Crippen LogP contribution in [0.3, 0.4) is 0 Å². The number of nitrogens with zero attached hydrogens (tertiary/aromatic N) is 3. The first-order chi connectivity index (χ1) is 12.1. The van der Waals surface area contributed by atoms with Gasteiger partial charge >= 0.3 is 0 Å². The second kappa shape index (κ2) is 8.10. The average molecular weight is 350 g/mol. The summed E-state index contributed by atoms with van der Waals surface area (Å²) < 4.78 is 22.0. The molecule has 0 unspecified atom stereocenters. The van der Waals surface area contributed by atoms with Crippen molar-refractivity contribution in [2.75, 3.05) is 26.2 Å². The first-order valence-corrected chi connectivity index (χ1v) is 9.11. The summed E-state index contributed by atoms with van der Waals surface area (Å²) in [5, 5.41) is 6.98. The van der Waals surface area contributed by atoms with Crippen LogP contribution in [0.4, 0.5) is 4.39 Å². The van der Waals surface area contributed by atoms with Crippen molar-refractivity contribution in [3.8, 4) is 0 Å². The zero-order valence-corrected chi connectivity index (χ0v) is 15.0. The molecule has 1 aliphatic heterocycles. The predicted octanol–water partition coefficient (Wildman–Crippen LogP) is 2.10. The quantitative estimate of drug-likeness (QED) is 0.826. The van der Waals surface area contributed by atoms with Crippen molar-refractivity contribution in [3.63, 3.8) is 0 Å². The number of nitrogens with one attached hydrogen (secondary N) is 1. The molecular weight excluding hydrogens is 323 g/mol. The fraction of sp³-hybridized carbons (Fsp3) is 0.667. The molecule has 3 rings (SSSR count). The van der Waals surface area contributed by atoms with Gasteiger partial charge in [0.05, 0.1) is 24.4 Å². The van der Waals surface area contributed by atoms with Gasteiger partial charge in [-0.1, -0.05) is 6.92 Å². The smallest absolute Gasteiger partial charge is 0.280 e. The Hall–Kier alpha value is -1.73. The third-order valence-electron chi connectivity index (χ3n) is 5.20. The maximum absolute atomic E-state index is 14.2. The minimum absolute atomic E-state index is 0.00579. The zero-order valence-electron chi connectivity index (χ0n) is 15.0. The highest BCUT2D eigenvalue weighted by Gasteiger charge is 2.35. The van der Waals surface area contributed by atoms with Crippen LogP contribution in [0, 0.1) is 0 Å². The molecule has 2 fully saturated rings. The monoisotopic (exact) mass is 350 g/mol. The molecule has 7 heteroatoms. The Morgan fingerprint density at radius 1 is 1.44 bits per heavy atom. The number of morpholine rings is 1. The molecule has 6 nitrogen and oxygen atoms in total. The molecule has 0 spiro atoms. The van der Waals surface area contributed by atoms with E-state index < -0.39 is 11.7 Å². The minimum Gasteiger partial charge on any atom is -0.373 e. The number of aryl methyl sites for hydroxylation is 1. The lowest BCUT2D eigenvalue weighted by molar-refractivity contribution is -0.121. The predicted molar refractivity (Wildman–Crippen MR) is 92.5 cm³/mol. The molecule has 0 aromatic carbocycles. The average Bonchev–Trinajstić information content (AvgIpc) is 3.30. The maximum Gasteiger partial charge on any atom is 0.280 e. The maximum atomic E-state index is 14.2. The van der Waals surface area contributed by atoms with Crippen LogP contribution in [-0.4, -0.2) is 52.9 Å². The second-order valence-electron chi connectivity index (χ2n) is 6.70. The lowest BCUT2D eigenvalue weighted by Gasteiger charge is -2.40. The van der Waals surface area contributed by atoms with Crippen molar-refractivity contribution >= 4 is 5.91 Å². The van der Waals surface area contributed by atoms with Crippen LogP contribution in [0.5, 0.6) is 0 Å². The molecule has 1 saturated carbocycles. The standard InChI is InChI=1S/C18H27FN4O2/c1-3-23-10-11-25-15(17(23)14-8-9-21-22(14)2)12-20-18(24)16(19)13-6-4-5-7-13/h8-9,15,17H,3-7,10-12H2,1-2H3,(H,20,24)/t15-,17-/m0/s1. The first-order valence-electron chi connectivity index (χ1n) is 9.11. The second-order valence-corrected chi connectivity index (χ2v) is 6.70. The fourth-order valence-corrected chi connectivity index (χ4v) is 3.82. The van der Waals surface area contributed by atoms with Crippen molar-refractivity contribution in [1.82, 2.24) is 20.0 Å². The van der Waals surface area contributed by atoms with E-state index >= 15 is 0 Å². The number of ether oxygens (including phenoxy) is 1. The molecule has 1 N–H and O–H groups in total. The molecule has 2 atom stereocenters. The van der Waals surface area contributed by atoms with Crippen molar-refractivity contribution in [2.45, 2.75) is 44.8 Å².